The summed E-state index contributed by atoms with van der Waals surface area (Å²) in [6, 6.07) is 27.6. The molecule has 0 fully saturated rings. The van der Waals surface area contributed by atoms with E-state index in [-0.39, 0.29) is 17.7 Å². The van der Waals surface area contributed by atoms with Crippen LogP contribution in [0.1, 0.15) is 35.2 Å². The van der Waals surface area contributed by atoms with E-state index in [0.29, 0.717) is 38.2 Å². The van der Waals surface area contributed by atoms with Gasteiger partial charge in [0.25, 0.3) is 5.56 Å². The van der Waals surface area contributed by atoms with Gasteiger partial charge in [-0.05, 0) is 106 Å². The number of aromatic nitrogens is 1. The summed E-state index contributed by atoms with van der Waals surface area (Å²) in [6.45, 7) is 2.26. The Balaban J connectivity index is 1.55. The van der Waals surface area contributed by atoms with Crippen molar-refractivity contribution in [2.75, 3.05) is 13.7 Å². The molecule has 5 aromatic rings. The van der Waals surface area contributed by atoms with Crippen LogP contribution in [-0.4, -0.2) is 24.3 Å². The van der Waals surface area contributed by atoms with E-state index in [1.165, 1.54) is 11.3 Å². The number of carbonyl (C=O) groups excluding carboxylic acids is 1. The lowest BCUT2D eigenvalue weighted by molar-refractivity contribution is -0.138. The fourth-order valence-electron chi connectivity index (χ4n) is 5.26. The average molecular weight is 889 g/mol. The van der Waals surface area contributed by atoms with Crippen molar-refractivity contribution in [3.05, 3.63) is 151 Å². The standard InChI is InChI=1S/C36H27ClI2N2O5S/c1-3-45-35(43)30-31(22-7-5-4-6-8-22)40-36-41(32(30)23-11-15-27(44-2)16-12-23)34(42)29(47-36)18-24-17-26(38)19-28(39)33(24)46-20-21-9-13-25(37)14-10-21/h4-19,32H,3,20H2,1-2H3/b29-18-/t32-/m1/s1. The molecule has 0 amide bonds. The van der Waals surface area contributed by atoms with Gasteiger partial charge in [0.15, 0.2) is 4.80 Å². The van der Waals surface area contributed by atoms with E-state index in [2.05, 4.69) is 45.2 Å². The van der Waals surface area contributed by atoms with Gasteiger partial charge in [-0.15, -0.1) is 0 Å². The van der Waals surface area contributed by atoms with E-state index in [1.54, 1.807) is 18.6 Å². The number of rotatable bonds is 9. The minimum absolute atomic E-state index is 0.175. The Kier molecular flexibility index (Phi) is 10.5. The van der Waals surface area contributed by atoms with Crippen LogP contribution < -0.4 is 24.4 Å². The summed E-state index contributed by atoms with van der Waals surface area (Å²) in [5.74, 6) is 0.788. The molecule has 0 unspecified atom stereocenters. The van der Waals surface area contributed by atoms with Gasteiger partial charge in [0.2, 0.25) is 0 Å². The predicted octanol–water partition coefficient (Wildman–Crippen LogP) is 7.39. The Morgan fingerprint density at radius 1 is 1.02 bits per heavy atom. The average Bonchev–Trinajstić information content (AvgIpc) is 3.38. The van der Waals surface area contributed by atoms with Gasteiger partial charge in [-0.3, -0.25) is 9.36 Å². The van der Waals surface area contributed by atoms with Crippen molar-refractivity contribution in [1.82, 2.24) is 4.57 Å². The molecular formula is C36H27ClI2N2O5S. The summed E-state index contributed by atoms with van der Waals surface area (Å²) in [6.07, 6.45) is 1.84. The first-order valence-electron chi connectivity index (χ1n) is 14.6. The summed E-state index contributed by atoms with van der Waals surface area (Å²) in [7, 11) is 1.59. The maximum absolute atomic E-state index is 14.4. The predicted molar refractivity (Wildman–Crippen MR) is 202 cm³/mol. The number of hydrogen-bond acceptors (Lipinski definition) is 7. The largest absolute Gasteiger partial charge is 0.497 e. The van der Waals surface area contributed by atoms with Crippen LogP contribution in [0.15, 0.2) is 106 Å². The first kappa shape index (κ1) is 33.4. The molecule has 1 atom stereocenters. The van der Waals surface area contributed by atoms with E-state index < -0.39 is 12.0 Å². The lowest BCUT2D eigenvalue weighted by Gasteiger charge is -2.26. The van der Waals surface area contributed by atoms with Crippen LogP contribution in [-0.2, 0) is 16.1 Å². The third kappa shape index (κ3) is 7.20. The monoisotopic (exact) mass is 888 g/mol. The zero-order valence-electron chi connectivity index (χ0n) is 25.2. The Morgan fingerprint density at radius 3 is 2.43 bits per heavy atom. The van der Waals surface area contributed by atoms with Crippen molar-refractivity contribution in [1.29, 1.82) is 0 Å². The van der Waals surface area contributed by atoms with E-state index in [9.17, 15) is 9.59 Å². The summed E-state index contributed by atoms with van der Waals surface area (Å²) >= 11 is 11.9. The second kappa shape index (κ2) is 14.8. The maximum atomic E-state index is 14.4. The molecule has 0 radical (unpaired) electrons. The Hall–Kier alpha value is -3.46. The van der Waals surface area contributed by atoms with Crippen molar-refractivity contribution in [3.63, 3.8) is 0 Å². The molecule has 7 nitrogen and oxygen atoms in total. The Morgan fingerprint density at radius 2 is 1.74 bits per heavy atom. The van der Waals surface area contributed by atoms with Gasteiger partial charge < -0.3 is 14.2 Å². The zero-order valence-corrected chi connectivity index (χ0v) is 31.1. The van der Waals surface area contributed by atoms with Crippen LogP contribution in [0.5, 0.6) is 11.5 Å². The summed E-state index contributed by atoms with van der Waals surface area (Å²) in [4.78, 5) is 33.6. The number of benzene rings is 4. The molecular weight excluding hydrogens is 862 g/mol. The molecule has 11 heteroatoms. The topological polar surface area (TPSA) is 79.1 Å². The number of carbonyl (C=O) groups is 1. The number of thiazole rings is 1. The first-order chi connectivity index (χ1) is 22.8. The third-order valence-electron chi connectivity index (χ3n) is 7.43. The van der Waals surface area contributed by atoms with Crippen molar-refractivity contribution < 1.29 is 19.0 Å². The third-order valence-corrected chi connectivity index (χ3v) is 10.1. The molecule has 1 aliphatic heterocycles. The van der Waals surface area contributed by atoms with Crippen LogP contribution >= 0.6 is 68.1 Å². The Labute approximate surface area is 307 Å². The van der Waals surface area contributed by atoms with Crippen LogP contribution in [0.25, 0.3) is 11.8 Å². The van der Waals surface area contributed by atoms with Gasteiger partial charge >= 0.3 is 5.97 Å². The molecule has 0 spiro atoms. The van der Waals surface area contributed by atoms with Gasteiger partial charge in [0.05, 0.1) is 39.1 Å². The van der Waals surface area contributed by atoms with E-state index >= 15 is 0 Å². The minimum Gasteiger partial charge on any atom is -0.497 e. The molecule has 1 aromatic heterocycles. The maximum Gasteiger partial charge on any atom is 0.338 e. The van der Waals surface area contributed by atoms with Gasteiger partial charge in [-0.1, -0.05) is 77.5 Å². The van der Waals surface area contributed by atoms with Crippen LogP contribution in [0.2, 0.25) is 5.02 Å². The highest BCUT2D eigenvalue weighted by atomic mass is 127. The van der Waals surface area contributed by atoms with Gasteiger partial charge in [-0.25, -0.2) is 9.79 Å². The molecule has 2 heterocycles. The van der Waals surface area contributed by atoms with Crippen LogP contribution in [0.4, 0.5) is 0 Å². The first-order valence-corrected chi connectivity index (χ1v) is 17.9. The SMILES string of the molecule is CCOC(=O)C1=C(c2ccccc2)N=c2s/c(=C\c3cc(I)cc(I)c3OCc3ccc(Cl)cc3)c(=O)n2[C@@H]1c1ccc(OC)cc1. The fourth-order valence-corrected chi connectivity index (χ4v) is 8.42. The quantitative estimate of drug-likeness (QED) is 0.114. The lowest BCUT2D eigenvalue weighted by Crippen LogP contribution is -2.40. The van der Waals surface area contributed by atoms with Crippen LogP contribution in [0, 0.1) is 7.14 Å². The van der Waals surface area contributed by atoms with E-state index in [0.717, 1.165) is 29.4 Å². The van der Waals surface area contributed by atoms with Gasteiger partial charge in [0.1, 0.15) is 18.1 Å². The molecule has 0 saturated carbocycles. The van der Waals surface area contributed by atoms with Crippen molar-refractivity contribution in [3.8, 4) is 11.5 Å². The number of esters is 1. The van der Waals surface area contributed by atoms with Gasteiger partial charge in [0, 0.05) is 19.7 Å². The number of ether oxygens (including phenoxy) is 3. The molecule has 0 saturated heterocycles. The molecule has 0 N–H and O–H groups in total. The van der Waals surface area contributed by atoms with E-state index in [1.807, 2.05) is 97.1 Å². The highest BCUT2D eigenvalue weighted by molar-refractivity contribution is 14.1. The summed E-state index contributed by atoms with van der Waals surface area (Å²) in [5.41, 5.74) is 3.67. The molecule has 1 aliphatic rings. The molecule has 6 rings (SSSR count). The fraction of sp³-hybridized carbons (Fsp3) is 0.139. The second-order valence-electron chi connectivity index (χ2n) is 10.4. The Bertz CT molecular complexity index is 2160. The number of halogens is 3. The van der Waals surface area contributed by atoms with E-state index in [4.69, 9.17) is 30.8 Å². The van der Waals surface area contributed by atoms with Crippen LogP contribution in [0.3, 0.4) is 0 Å². The molecule has 0 aliphatic carbocycles. The normalized spacial score (nSPS) is 14.4. The van der Waals surface area contributed by atoms with Gasteiger partial charge in [-0.2, -0.15) is 0 Å². The van der Waals surface area contributed by atoms with Crippen molar-refractivity contribution in [2.24, 2.45) is 4.99 Å². The smallest absolute Gasteiger partial charge is 0.338 e. The zero-order chi connectivity index (χ0) is 33.1. The lowest BCUT2D eigenvalue weighted by atomic mass is 9.93. The summed E-state index contributed by atoms with van der Waals surface area (Å²) in [5, 5.41) is 0.656. The number of nitrogens with zero attached hydrogens (tertiary/aromatic N) is 2. The summed E-state index contributed by atoms with van der Waals surface area (Å²) < 4.78 is 21.2. The number of fused-ring (bicyclic) bond motifs is 1. The van der Waals surface area contributed by atoms with Crippen molar-refractivity contribution >= 4 is 85.9 Å². The molecule has 47 heavy (non-hydrogen) atoms. The molecule has 4 aromatic carbocycles. The molecule has 0 bridgehead atoms. The van der Waals surface area contributed by atoms with Crippen molar-refractivity contribution in [2.45, 2.75) is 19.6 Å². The highest BCUT2D eigenvalue weighted by Crippen LogP contribution is 2.36. The number of hydrogen-bond donors (Lipinski definition) is 0. The second-order valence-corrected chi connectivity index (χ2v) is 14.3. The molecule has 238 valence electrons. The minimum atomic E-state index is -0.787. The number of methoxy groups -OCH3 is 1. The highest BCUT2D eigenvalue weighted by Gasteiger charge is 2.35.